The lowest BCUT2D eigenvalue weighted by atomic mass is 9.96. The molecular weight excluding hydrogens is 256 g/mol. The highest BCUT2D eigenvalue weighted by Gasteiger charge is 2.19. The lowest BCUT2D eigenvalue weighted by Crippen LogP contribution is -2.28. The highest BCUT2D eigenvalue weighted by molar-refractivity contribution is 5.59. The maximum absolute atomic E-state index is 5.31. The Morgan fingerprint density at radius 3 is 2.35 bits per heavy atom. The molecule has 110 valence electrons. The fourth-order valence-electron chi connectivity index (χ4n) is 2.32. The van der Waals surface area contributed by atoms with E-state index >= 15 is 0 Å². The summed E-state index contributed by atoms with van der Waals surface area (Å²) in [6.07, 6.45) is 0. The van der Waals surface area contributed by atoms with Crippen molar-refractivity contribution >= 4 is 0 Å². The van der Waals surface area contributed by atoms with Crippen molar-refractivity contribution in [3.63, 3.8) is 0 Å². The summed E-state index contributed by atoms with van der Waals surface area (Å²) >= 11 is 0. The summed E-state index contributed by atoms with van der Waals surface area (Å²) in [6.45, 7) is 11.9. The average Bonchev–Trinajstić information content (AvgIpc) is 2.83. The molecule has 0 radical (unpaired) electrons. The van der Waals surface area contributed by atoms with E-state index < -0.39 is 0 Å². The molecule has 2 rings (SSSR count). The molecule has 6 nitrogen and oxygen atoms in total. The minimum atomic E-state index is 0.235. The van der Waals surface area contributed by atoms with Crippen molar-refractivity contribution in [3.8, 4) is 11.4 Å². The summed E-state index contributed by atoms with van der Waals surface area (Å²) in [7, 11) is 2.05. The predicted octanol–water partition coefficient (Wildman–Crippen LogP) is 2.82. The molecule has 0 bridgehead atoms. The molecule has 2 aromatic heterocycles. The standard InChI is InChI=1S/C14H22N4O2/c1-9-12(10(2)19-16-9)13-15-11(20-17-13)7-18(6)8-14(3,4)5/h7-8H2,1-6H3. The third-order valence-corrected chi connectivity index (χ3v) is 2.87. The molecule has 0 aromatic carbocycles. The van der Waals surface area contributed by atoms with Gasteiger partial charge in [-0.3, -0.25) is 4.90 Å². The van der Waals surface area contributed by atoms with Crippen LogP contribution in [0.25, 0.3) is 11.4 Å². The number of hydrogen-bond acceptors (Lipinski definition) is 6. The lowest BCUT2D eigenvalue weighted by Gasteiger charge is -2.25. The molecule has 0 saturated heterocycles. The molecule has 0 spiro atoms. The van der Waals surface area contributed by atoms with Gasteiger partial charge in [0.25, 0.3) is 0 Å². The van der Waals surface area contributed by atoms with Gasteiger partial charge in [-0.15, -0.1) is 0 Å². The summed E-state index contributed by atoms with van der Waals surface area (Å²) in [5.41, 5.74) is 1.83. The number of hydrogen-bond donors (Lipinski definition) is 0. The van der Waals surface area contributed by atoms with Crippen molar-refractivity contribution in [3.05, 3.63) is 17.3 Å². The Bertz CT molecular complexity index is 561. The van der Waals surface area contributed by atoms with Crippen LogP contribution >= 0.6 is 0 Å². The van der Waals surface area contributed by atoms with Gasteiger partial charge in [0.1, 0.15) is 5.76 Å². The molecule has 0 aliphatic rings. The zero-order valence-electron chi connectivity index (χ0n) is 13.0. The summed E-state index contributed by atoms with van der Waals surface area (Å²) in [6, 6.07) is 0. The number of aryl methyl sites for hydroxylation is 2. The maximum Gasteiger partial charge on any atom is 0.241 e. The molecule has 0 atom stereocenters. The monoisotopic (exact) mass is 278 g/mol. The Hall–Kier alpha value is -1.69. The zero-order valence-corrected chi connectivity index (χ0v) is 13.0. The van der Waals surface area contributed by atoms with Crippen LogP contribution in [0.2, 0.25) is 0 Å². The highest BCUT2D eigenvalue weighted by atomic mass is 16.5. The molecular formula is C14H22N4O2. The van der Waals surface area contributed by atoms with E-state index in [-0.39, 0.29) is 5.41 Å². The fourth-order valence-corrected chi connectivity index (χ4v) is 2.32. The molecule has 0 amide bonds. The second-order valence-corrected chi connectivity index (χ2v) is 6.44. The van der Waals surface area contributed by atoms with Crippen LogP contribution in [-0.2, 0) is 6.54 Å². The predicted molar refractivity (Wildman–Crippen MR) is 75.1 cm³/mol. The number of nitrogens with zero attached hydrogens (tertiary/aromatic N) is 4. The third kappa shape index (κ3) is 3.45. The molecule has 0 unspecified atom stereocenters. The van der Waals surface area contributed by atoms with Crippen LogP contribution in [0.4, 0.5) is 0 Å². The van der Waals surface area contributed by atoms with Gasteiger partial charge in [-0.2, -0.15) is 4.98 Å². The van der Waals surface area contributed by atoms with Crippen molar-refractivity contribution in [1.29, 1.82) is 0 Å². The van der Waals surface area contributed by atoms with Gasteiger partial charge in [-0.25, -0.2) is 0 Å². The zero-order chi connectivity index (χ0) is 14.9. The second-order valence-electron chi connectivity index (χ2n) is 6.44. The third-order valence-electron chi connectivity index (χ3n) is 2.87. The van der Waals surface area contributed by atoms with E-state index in [1.54, 1.807) is 0 Å². The van der Waals surface area contributed by atoms with Gasteiger partial charge in [-0.05, 0) is 26.3 Å². The van der Waals surface area contributed by atoms with Crippen molar-refractivity contribution in [2.75, 3.05) is 13.6 Å². The van der Waals surface area contributed by atoms with Crippen molar-refractivity contribution in [2.24, 2.45) is 5.41 Å². The SMILES string of the molecule is Cc1noc(C)c1-c1noc(CN(C)CC(C)(C)C)n1. The Kier molecular flexibility index (Phi) is 3.94. The van der Waals surface area contributed by atoms with Gasteiger partial charge in [0.2, 0.25) is 11.7 Å². The summed E-state index contributed by atoms with van der Waals surface area (Å²) in [5.74, 6) is 1.85. The smallest absolute Gasteiger partial charge is 0.241 e. The summed E-state index contributed by atoms with van der Waals surface area (Å²) in [4.78, 5) is 6.60. The van der Waals surface area contributed by atoms with E-state index in [1.807, 2.05) is 20.9 Å². The molecule has 0 fully saturated rings. The van der Waals surface area contributed by atoms with E-state index in [0.29, 0.717) is 24.0 Å². The van der Waals surface area contributed by atoms with Crippen molar-refractivity contribution in [1.82, 2.24) is 20.2 Å². The summed E-state index contributed by atoms with van der Waals surface area (Å²) < 4.78 is 10.4. The van der Waals surface area contributed by atoms with E-state index in [0.717, 1.165) is 17.8 Å². The van der Waals surface area contributed by atoms with Crippen LogP contribution in [0.3, 0.4) is 0 Å². The Morgan fingerprint density at radius 1 is 1.10 bits per heavy atom. The van der Waals surface area contributed by atoms with Crippen molar-refractivity contribution < 1.29 is 9.05 Å². The van der Waals surface area contributed by atoms with Gasteiger partial charge in [0.05, 0.1) is 17.8 Å². The summed E-state index contributed by atoms with van der Waals surface area (Å²) in [5, 5.41) is 7.92. The minimum Gasteiger partial charge on any atom is -0.361 e. The first-order chi connectivity index (χ1) is 9.26. The Balaban J connectivity index is 2.10. The topological polar surface area (TPSA) is 68.2 Å². The number of rotatable bonds is 4. The fraction of sp³-hybridized carbons (Fsp3) is 0.643. The first-order valence-electron chi connectivity index (χ1n) is 6.70. The quantitative estimate of drug-likeness (QED) is 0.856. The molecule has 2 aromatic rings. The molecule has 20 heavy (non-hydrogen) atoms. The van der Waals surface area contributed by atoms with E-state index in [4.69, 9.17) is 9.05 Å². The van der Waals surface area contributed by atoms with Gasteiger partial charge in [0.15, 0.2) is 0 Å². The van der Waals surface area contributed by atoms with Crippen LogP contribution in [-0.4, -0.2) is 33.8 Å². The largest absolute Gasteiger partial charge is 0.361 e. The normalized spacial score (nSPS) is 12.3. The number of aromatic nitrogens is 3. The highest BCUT2D eigenvalue weighted by Crippen LogP contribution is 2.24. The van der Waals surface area contributed by atoms with Crippen LogP contribution in [0, 0.1) is 19.3 Å². The van der Waals surface area contributed by atoms with Crippen LogP contribution in [0.5, 0.6) is 0 Å². The molecule has 0 saturated carbocycles. The Morgan fingerprint density at radius 2 is 1.80 bits per heavy atom. The lowest BCUT2D eigenvalue weighted by molar-refractivity contribution is 0.198. The minimum absolute atomic E-state index is 0.235. The average molecular weight is 278 g/mol. The molecule has 0 N–H and O–H groups in total. The molecule has 2 heterocycles. The van der Waals surface area contributed by atoms with Crippen LogP contribution in [0.15, 0.2) is 9.05 Å². The van der Waals surface area contributed by atoms with E-state index in [1.165, 1.54) is 0 Å². The Labute approximate surface area is 119 Å². The molecule has 0 aliphatic heterocycles. The van der Waals surface area contributed by atoms with Crippen molar-refractivity contribution in [2.45, 2.75) is 41.2 Å². The van der Waals surface area contributed by atoms with Crippen LogP contribution < -0.4 is 0 Å². The maximum atomic E-state index is 5.31. The molecule has 0 aliphatic carbocycles. The first-order valence-corrected chi connectivity index (χ1v) is 6.70. The molecule has 6 heteroatoms. The van der Waals surface area contributed by atoms with Gasteiger partial charge >= 0.3 is 0 Å². The van der Waals surface area contributed by atoms with Gasteiger partial charge < -0.3 is 9.05 Å². The second kappa shape index (κ2) is 5.36. The van der Waals surface area contributed by atoms with Gasteiger partial charge in [-0.1, -0.05) is 31.1 Å². The first kappa shape index (κ1) is 14.7. The van der Waals surface area contributed by atoms with E-state index in [9.17, 15) is 0 Å². The van der Waals surface area contributed by atoms with Gasteiger partial charge in [0, 0.05) is 6.54 Å². The van der Waals surface area contributed by atoms with Crippen LogP contribution in [0.1, 0.15) is 38.1 Å². The van der Waals surface area contributed by atoms with E-state index in [2.05, 4.69) is 41.0 Å².